The summed E-state index contributed by atoms with van der Waals surface area (Å²) >= 11 is 0. The summed E-state index contributed by atoms with van der Waals surface area (Å²) < 4.78 is 11.1. The number of nitrogens with one attached hydrogen (secondary N) is 1. The summed E-state index contributed by atoms with van der Waals surface area (Å²) in [7, 11) is 1.70. The largest absolute Gasteiger partial charge is 0.487 e. The lowest BCUT2D eigenvalue weighted by Gasteiger charge is -2.27. The first-order chi connectivity index (χ1) is 8.07. The molecular formula is C14H23NO2. The Morgan fingerprint density at radius 1 is 1.29 bits per heavy atom. The van der Waals surface area contributed by atoms with Crippen LogP contribution < -0.4 is 10.1 Å². The van der Waals surface area contributed by atoms with Gasteiger partial charge in [-0.2, -0.15) is 0 Å². The third-order valence-electron chi connectivity index (χ3n) is 2.40. The maximum atomic E-state index is 5.97. The quantitative estimate of drug-likeness (QED) is 0.790. The zero-order chi connectivity index (χ0) is 12.7. The van der Waals surface area contributed by atoms with E-state index in [0.717, 1.165) is 24.4 Å². The number of rotatable bonds is 7. The van der Waals surface area contributed by atoms with Crippen LogP contribution in [-0.2, 0) is 11.3 Å². The molecule has 1 N–H and O–H groups in total. The number of ether oxygens (including phenoxy) is 2. The predicted molar refractivity (Wildman–Crippen MR) is 70.4 cm³/mol. The van der Waals surface area contributed by atoms with Crippen molar-refractivity contribution in [2.75, 3.05) is 20.2 Å². The fourth-order valence-electron chi connectivity index (χ4n) is 1.65. The van der Waals surface area contributed by atoms with Gasteiger partial charge in [-0.25, -0.2) is 0 Å². The van der Waals surface area contributed by atoms with Crippen LogP contribution in [0.3, 0.4) is 0 Å². The first-order valence-electron chi connectivity index (χ1n) is 6.05. The van der Waals surface area contributed by atoms with Gasteiger partial charge in [0, 0.05) is 13.7 Å². The molecule has 0 spiro atoms. The minimum Gasteiger partial charge on any atom is -0.487 e. The molecule has 0 aliphatic rings. The Bertz CT molecular complexity index is 337. The van der Waals surface area contributed by atoms with Crippen molar-refractivity contribution in [3.05, 3.63) is 29.8 Å². The van der Waals surface area contributed by atoms with Gasteiger partial charge in [0.15, 0.2) is 0 Å². The van der Waals surface area contributed by atoms with Crippen molar-refractivity contribution in [1.29, 1.82) is 0 Å². The second-order valence-electron chi connectivity index (χ2n) is 4.72. The van der Waals surface area contributed by atoms with Crippen LogP contribution in [-0.4, -0.2) is 25.8 Å². The van der Waals surface area contributed by atoms with Crippen LogP contribution in [0.25, 0.3) is 0 Å². The van der Waals surface area contributed by atoms with Crippen LogP contribution in [0.2, 0.25) is 0 Å². The van der Waals surface area contributed by atoms with Crippen LogP contribution >= 0.6 is 0 Å². The molecular weight excluding hydrogens is 214 g/mol. The van der Waals surface area contributed by atoms with Gasteiger partial charge in [0.25, 0.3) is 0 Å². The smallest absolute Gasteiger partial charge is 0.120 e. The fraction of sp³-hybridized carbons (Fsp3) is 0.571. The second-order valence-corrected chi connectivity index (χ2v) is 4.72. The van der Waals surface area contributed by atoms with Crippen molar-refractivity contribution in [3.63, 3.8) is 0 Å². The summed E-state index contributed by atoms with van der Waals surface area (Å²) in [5, 5.41) is 3.30. The molecule has 0 fully saturated rings. The van der Waals surface area contributed by atoms with Crippen LogP contribution in [0.5, 0.6) is 5.75 Å². The summed E-state index contributed by atoms with van der Waals surface area (Å²) in [6.45, 7) is 8.66. The second kappa shape index (κ2) is 6.62. The fourth-order valence-corrected chi connectivity index (χ4v) is 1.65. The standard InChI is InChI=1S/C14H23NO2/c1-5-15-11-14(2,3)17-13-8-6-7-12(9-13)10-16-4/h6-9,15H,5,10-11H2,1-4H3. The molecule has 96 valence electrons. The molecule has 0 radical (unpaired) electrons. The van der Waals surface area contributed by atoms with Gasteiger partial charge in [-0.15, -0.1) is 0 Å². The highest BCUT2D eigenvalue weighted by molar-refractivity contribution is 5.28. The summed E-state index contributed by atoms with van der Waals surface area (Å²) in [5.41, 5.74) is 0.922. The molecule has 17 heavy (non-hydrogen) atoms. The van der Waals surface area contributed by atoms with E-state index in [9.17, 15) is 0 Å². The Balaban J connectivity index is 2.63. The van der Waals surface area contributed by atoms with Gasteiger partial charge in [0.1, 0.15) is 11.4 Å². The number of likely N-dealkylation sites (N-methyl/N-ethyl adjacent to an activating group) is 1. The molecule has 0 saturated carbocycles. The first-order valence-corrected chi connectivity index (χ1v) is 6.05. The van der Waals surface area contributed by atoms with Crippen molar-refractivity contribution in [1.82, 2.24) is 5.32 Å². The van der Waals surface area contributed by atoms with Gasteiger partial charge < -0.3 is 14.8 Å². The first kappa shape index (κ1) is 14.0. The monoisotopic (exact) mass is 237 g/mol. The molecule has 0 saturated heterocycles. The summed E-state index contributed by atoms with van der Waals surface area (Å²) in [5.74, 6) is 0.891. The highest BCUT2D eigenvalue weighted by Crippen LogP contribution is 2.19. The average Bonchev–Trinajstić information content (AvgIpc) is 2.27. The third kappa shape index (κ3) is 5.20. The molecule has 0 unspecified atom stereocenters. The summed E-state index contributed by atoms with van der Waals surface area (Å²) in [6, 6.07) is 8.03. The van der Waals surface area contributed by atoms with Crippen LogP contribution in [0.1, 0.15) is 26.3 Å². The molecule has 3 heteroatoms. The van der Waals surface area contributed by atoms with E-state index in [1.54, 1.807) is 7.11 Å². The Kier molecular flexibility index (Phi) is 5.45. The average molecular weight is 237 g/mol. The van der Waals surface area contributed by atoms with Crippen molar-refractivity contribution < 1.29 is 9.47 Å². The maximum absolute atomic E-state index is 5.97. The molecule has 0 amide bonds. The van der Waals surface area contributed by atoms with E-state index in [1.807, 2.05) is 24.3 Å². The lowest BCUT2D eigenvalue weighted by molar-refractivity contribution is 0.108. The molecule has 0 atom stereocenters. The Hall–Kier alpha value is -1.06. The number of benzene rings is 1. The van der Waals surface area contributed by atoms with Crippen LogP contribution in [0, 0.1) is 0 Å². The van der Waals surface area contributed by atoms with E-state index in [2.05, 4.69) is 26.1 Å². The number of hydrogen-bond donors (Lipinski definition) is 1. The van der Waals surface area contributed by atoms with Crippen molar-refractivity contribution in [2.45, 2.75) is 33.0 Å². The minimum absolute atomic E-state index is 0.207. The van der Waals surface area contributed by atoms with E-state index in [1.165, 1.54) is 0 Å². The lowest BCUT2D eigenvalue weighted by atomic mass is 10.1. The highest BCUT2D eigenvalue weighted by atomic mass is 16.5. The van der Waals surface area contributed by atoms with Crippen LogP contribution in [0.15, 0.2) is 24.3 Å². The number of hydrogen-bond acceptors (Lipinski definition) is 3. The molecule has 0 aliphatic heterocycles. The molecule has 1 rings (SSSR count). The van der Waals surface area contributed by atoms with Gasteiger partial charge in [0.2, 0.25) is 0 Å². The number of methoxy groups -OCH3 is 1. The molecule has 1 aromatic rings. The van der Waals surface area contributed by atoms with E-state index in [0.29, 0.717) is 6.61 Å². The highest BCUT2D eigenvalue weighted by Gasteiger charge is 2.18. The summed E-state index contributed by atoms with van der Waals surface area (Å²) in [4.78, 5) is 0. The third-order valence-corrected chi connectivity index (χ3v) is 2.40. The van der Waals surface area contributed by atoms with Gasteiger partial charge in [-0.3, -0.25) is 0 Å². The molecule has 0 aliphatic carbocycles. The molecule has 3 nitrogen and oxygen atoms in total. The predicted octanol–water partition coefficient (Wildman–Crippen LogP) is 2.60. The minimum atomic E-state index is -0.207. The van der Waals surface area contributed by atoms with E-state index >= 15 is 0 Å². The van der Waals surface area contributed by atoms with Crippen molar-refractivity contribution in [2.24, 2.45) is 0 Å². The van der Waals surface area contributed by atoms with Gasteiger partial charge in [0.05, 0.1) is 6.61 Å². The summed E-state index contributed by atoms with van der Waals surface area (Å²) in [6.07, 6.45) is 0. The Labute approximate surface area is 104 Å². The van der Waals surface area contributed by atoms with Crippen LogP contribution in [0.4, 0.5) is 0 Å². The molecule has 0 heterocycles. The Morgan fingerprint density at radius 2 is 2.06 bits per heavy atom. The zero-order valence-corrected chi connectivity index (χ0v) is 11.2. The zero-order valence-electron chi connectivity index (χ0n) is 11.2. The Morgan fingerprint density at radius 3 is 2.71 bits per heavy atom. The molecule has 0 bridgehead atoms. The maximum Gasteiger partial charge on any atom is 0.120 e. The molecule has 1 aromatic carbocycles. The van der Waals surface area contributed by atoms with Gasteiger partial charge >= 0.3 is 0 Å². The van der Waals surface area contributed by atoms with Gasteiger partial charge in [-0.05, 0) is 38.1 Å². The SMILES string of the molecule is CCNCC(C)(C)Oc1cccc(COC)c1. The van der Waals surface area contributed by atoms with E-state index < -0.39 is 0 Å². The van der Waals surface area contributed by atoms with E-state index in [4.69, 9.17) is 9.47 Å². The topological polar surface area (TPSA) is 30.5 Å². The van der Waals surface area contributed by atoms with Crippen molar-refractivity contribution >= 4 is 0 Å². The molecule has 0 aromatic heterocycles. The van der Waals surface area contributed by atoms with Gasteiger partial charge in [-0.1, -0.05) is 19.1 Å². The van der Waals surface area contributed by atoms with E-state index in [-0.39, 0.29) is 5.60 Å². The van der Waals surface area contributed by atoms with Crippen molar-refractivity contribution in [3.8, 4) is 5.75 Å². The lowest BCUT2D eigenvalue weighted by Crippen LogP contribution is -2.40. The normalized spacial score (nSPS) is 11.5.